The Kier molecular flexibility index (Phi) is 4.98. The van der Waals surface area contributed by atoms with Crippen LogP contribution in [0.4, 0.5) is 0 Å². The van der Waals surface area contributed by atoms with Crippen LogP contribution in [0.3, 0.4) is 0 Å². The van der Waals surface area contributed by atoms with Crippen molar-refractivity contribution < 1.29 is 0 Å². The van der Waals surface area contributed by atoms with Crippen molar-refractivity contribution in [2.75, 3.05) is 0 Å². The van der Waals surface area contributed by atoms with Gasteiger partial charge in [-0.2, -0.15) is 0 Å². The maximum atomic E-state index is 2.31. The summed E-state index contributed by atoms with van der Waals surface area (Å²) in [7, 11) is 0. The van der Waals surface area contributed by atoms with Crippen molar-refractivity contribution in [3.8, 4) is 0 Å². The topological polar surface area (TPSA) is 0 Å². The maximum Gasteiger partial charge on any atom is -0.00990 e. The van der Waals surface area contributed by atoms with E-state index in [1.54, 1.807) is 0 Å². The molecule has 0 bridgehead atoms. The second-order valence-electron chi connectivity index (χ2n) is 7.48. The summed E-state index contributed by atoms with van der Waals surface area (Å²) in [5.41, 5.74) is 4.87. The average molecular weight is 383 g/mol. The predicted octanol–water partition coefficient (Wildman–Crippen LogP) is 8.33. The molecule has 0 aliphatic rings. The molecule has 0 atom stereocenters. The zero-order valence-corrected chi connectivity index (χ0v) is 16.7. The van der Waals surface area contributed by atoms with Crippen molar-refractivity contribution in [3.63, 3.8) is 0 Å². The van der Waals surface area contributed by atoms with Crippen LogP contribution in [0.1, 0.15) is 22.3 Å². The second-order valence-corrected chi connectivity index (χ2v) is 7.48. The lowest BCUT2D eigenvalue weighted by Gasteiger charge is -2.10. The van der Waals surface area contributed by atoms with E-state index in [0.29, 0.717) is 0 Å². The molecule has 5 aromatic rings. The van der Waals surface area contributed by atoms with Crippen LogP contribution < -0.4 is 0 Å². The molecule has 0 heteroatoms. The van der Waals surface area contributed by atoms with Crippen LogP contribution in [0.25, 0.3) is 45.8 Å². The van der Waals surface area contributed by atoms with Crippen molar-refractivity contribution in [1.29, 1.82) is 0 Å². The van der Waals surface area contributed by atoms with Gasteiger partial charge in [0.15, 0.2) is 0 Å². The summed E-state index contributed by atoms with van der Waals surface area (Å²) in [4.78, 5) is 0. The molecule has 0 heterocycles. The molecule has 0 spiro atoms. The fourth-order valence-corrected chi connectivity index (χ4v) is 3.88. The molecule has 0 radical (unpaired) electrons. The largest absolute Gasteiger partial charge is 0.0622 e. The fourth-order valence-electron chi connectivity index (χ4n) is 3.88. The molecular weight excluding hydrogens is 360 g/mol. The standard InChI is InChI=1S/C30H22/c1-3-9-23(10-4-1)15-17-25-18-19-28-21-26-13-7-8-14-27(26)22-30(28)29(25)20-16-24-11-5-2-6-12-24/h1-22H/b17-15+,20-16+. The Hall–Kier alpha value is -3.90. The third kappa shape index (κ3) is 3.81. The monoisotopic (exact) mass is 382 g/mol. The third-order valence-corrected chi connectivity index (χ3v) is 5.46. The smallest absolute Gasteiger partial charge is 0.00990 e. The Morgan fingerprint density at radius 1 is 0.400 bits per heavy atom. The van der Waals surface area contributed by atoms with Gasteiger partial charge >= 0.3 is 0 Å². The van der Waals surface area contributed by atoms with E-state index >= 15 is 0 Å². The van der Waals surface area contributed by atoms with Gasteiger partial charge < -0.3 is 0 Å². The molecule has 0 amide bonds. The molecule has 142 valence electrons. The average Bonchev–Trinajstić information content (AvgIpc) is 2.81. The molecule has 5 aromatic carbocycles. The van der Waals surface area contributed by atoms with Gasteiger partial charge in [-0.1, -0.05) is 121 Å². The minimum Gasteiger partial charge on any atom is -0.0622 e. The van der Waals surface area contributed by atoms with Gasteiger partial charge in [0.1, 0.15) is 0 Å². The quantitative estimate of drug-likeness (QED) is 0.216. The van der Waals surface area contributed by atoms with Crippen LogP contribution in [0.5, 0.6) is 0 Å². The molecule has 5 rings (SSSR count). The van der Waals surface area contributed by atoms with Gasteiger partial charge in [0.25, 0.3) is 0 Å². The highest BCUT2D eigenvalue weighted by atomic mass is 14.1. The van der Waals surface area contributed by atoms with Crippen molar-refractivity contribution in [2.24, 2.45) is 0 Å². The first kappa shape index (κ1) is 18.1. The lowest BCUT2D eigenvalue weighted by atomic mass is 9.94. The van der Waals surface area contributed by atoms with Crippen LogP contribution in [0.15, 0.2) is 109 Å². The number of rotatable bonds is 4. The van der Waals surface area contributed by atoms with Crippen molar-refractivity contribution >= 4 is 45.8 Å². The molecule has 0 nitrogen and oxygen atoms in total. The number of fused-ring (bicyclic) bond motifs is 2. The van der Waals surface area contributed by atoms with Gasteiger partial charge in [-0.05, 0) is 55.9 Å². The highest BCUT2D eigenvalue weighted by Gasteiger charge is 2.06. The normalized spacial score (nSPS) is 11.7. The second kappa shape index (κ2) is 8.23. The van der Waals surface area contributed by atoms with Crippen LogP contribution >= 0.6 is 0 Å². The molecule has 0 aliphatic carbocycles. The fraction of sp³-hybridized carbons (Fsp3) is 0. The Labute approximate surface area is 177 Å². The molecule has 30 heavy (non-hydrogen) atoms. The first-order valence-corrected chi connectivity index (χ1v) is 10.3. The van der Waals surface area contributed by atoms with Gasteiger partial charge in [0, 0.05) is 0 Å². The first-order valence-electron chi connectivity index (χ1n) is 10.3. The summed E-state index contributed by atoms with van der Waals surface area (Å²) in [5.74, 6) is 0. The summed E-state index contributed by atoms with van der Waals surface area (Å²) in [6, 6.07) is 38.5. The van der Waals surface area contributed by atoms with Crippen molar-refractivity contribution in [3.05, 3.63) is 131 Å². The summed E-state index contributed by atoms with van der Waals surface area (Å²) < 4.78 is 0. The van der Waals surface area contributed by atoms with E-state index in [4.69, 9.17) is 0 Å². The van der Waals surface area contributed by atoms with Gasteiger partial charge in [-0.25, -0.2) is 0 Å². The lowest BCUT2D eigenvalue weighted by molar-refractivity contribution is 1.65. The summed E-state index contributed by atoms with van der Waals surface area (Å²) in [6.07, 6.45) is 8.84. The third-order valence-electron chi connectivity index (χ3n) is 5.46. The SMILES string of the molecule is C(=C\c1ccc2cc3ccccc3cc2c1/C=C/c1ccccc1)/c1ccccc1. The van der Waals surface area contributed by atoms with Gasteiger partial charge in [-0.3, -0.25) is 0 Å². The van der Waals surface area contributed by atoms with Crippen molar-refractivity contribution in [2.45, 2.75) is 0 Å². The van der Waals surface area contributed by atoms with E-state index < -0.39 is 0 Å². The lowest BCUT2D eigenvalue weighted by Crippen LogP contribution is -1.86. The molecule has 0 unspecified atom stereocenters. The van der Waals surface area contributed by atoms with E-state index in [1.165, 1.54) is 43.8 Å². The first-order chi connectivity index (χ1) is 14.9. The Morgan fingerprint density at radius 3 is 1.63 bits per heavy atom. The predicted molar refractivity (Wildman–Crippen MR) is 132 cm³/mol. The molecule has 0 saturated heterocycles. The van der Waals surface area contributed by atoms with E-state index in [2.05, 4.69) is 127 Å². The number of hydrogen-bond acceptors (Lipinski definition) is 0. The zero-order valence-electron chi connectivity index (χ0n) is 16.7. The van der Waals surface area contributed by atoms with E-state index in [0.717, 1.165) is 0 Å². The Morgan fingerprint density at radius 2 is 0.967 bits per heavy atom. The van der Waals surface area contributed by atoms with Crippen LogP contribution in [0, 0.1) is 0 Å². The van der Waals surface area contributed by atoms with Gasteiger partial charge in [0.05, 0.1) is 0 Å². The van der Waals surface area contributed by atoms with Crippen LogP contribution in [0.2, 0.25) is 0 Å². The van der Waals surface area contributed by atoms with Gasteiger partial charge in [-0.15, -0.1) is 0 Å². The number of hydrogen-bond donors (Lipinski definition) is 0. The van der Waals surface area contributed by atoms with Crippen LogP contribution in [-0.2, 0) is 0 Å². The number of benzene rings is 5. The molecule has 0 fully saturated rings. The highest BCUT2D eigenvalue weighted by molar-refractivity contribution is 6.04. The van der Waals surface area contributed by atoms with E-state index in [1.807, 2.05) is 6.07 Å². The van der Waals surface area contributed by atoms with E-state index in [9.17, 15) is 0 Å². The molecule has 0 aromatic heterocycles. The molecule has 0 N–H and O–H groups in total. The minimum absolute atomic E-state index is 1.20. The van der Waals surface area contributed by atoms with Gasteiger partial charge in [0.2, 0.25) is 0 Å². The summed E-state index contributed by atoms with van der Waals surface area (Å²) in [6.45, 7) is 0. The summed E-state index contributed by atoms with van der Waals surface area (Å²) >= 11 is 0. The van der Waals surface area contributed by atoms with Crippen molar-refractivity contribution in [1.82, 2.24) is 0 Å². The molecule has 0 aliphatic heterocycles. The highest BCUT2D eigenvalue weighted by Crippen LogP contribution is 2.30. The zero-order chi connectivity index (χ0) is 20.2. The minimum atomic E-state index is 1.20. The molecular formula is C30H22. The molecule has 0 saturated carbocycles. The maximum absolute atomic E-state index is 2.31. The van der Waals surface area contributed by atoms with Crippen LogP contribution in [-0.4, -0.2) is 0 Å². The summed E-state index contributed by atoms with van der Waals surface area (Å²) in [5, 5.41) is 5.08. The Balaban J connectivity index is 1.68. The van der Waals surface area contributed by atoms with E-state index in [-0.39, 0.29) is 0 Å². The Bertz CT molecular complexity index is 1360.